The summed E-state index contributed by atoms with van der Waals surface area (Å²) in [5.74, 6) is 0.710. The summed E-state index contributed by atoms with van der Waals surface area (Å²) in [5, 5.41) is 0. The summed E-state index contributed by atoms with van der Waals surface area (Å²) in [6, 6.07) is 24.0. The van der Waals surface area contributed by atoms with Crippen molar-refractivity contribution < 1.29 is 4.79 Å². The quantitative estimate of drug-likeness (QED) is 0.520. The van der Waals surface area contributed by atoms with E-state index in [2.05, 4.69) is 72.5 Å². The Hall–Kier alpha value is -3.07. The molecule has 0 N–H and O–H groups in total. The van der Waals surface area contributed by atoms with Crippen LogP contribution in [-0.4, -0.2) is 13.1 Å². The van der Waals surface area contributed by atoms with Crippen molar-refractivity contribution in [1.29, 1.82) is 0 Å². The van der Waals surface area contributed by atoms with E-state index >= 15 is 0 Å². The second-order valence-corrected chi connectivity index (χ2v) is 8.32. The number of fused-ring (bicyclic) bond motifs is 10. The maximum absolute atomic E-state index is 13.5. The van der Waals surface area contributed by atoms with Crippen LogP contribution in [0.3, 0.4) is 0 Å². The Morgan fingerprint density at radius 3 is 2.46 bits per heavy atom. The van der Waals surface area contributed by atoms with Crippen LogP contribution >= 0.6 is 0 Å². The first-order chi connectivity index (χ1) is 13.6. The van der Waals surface area contributed by atoms with Gasteiger partial charge in [0.2, 0.25) is 0 Å². The number of anilines is 2. The van der Waals surface area contributed by atoms with Crippen molar-refractivity contribution in [3.8, 4) is 0 Å². The molecule has 6 rings (SSSR count). The van der Waals surface area contributed by atoms with E-state index in [0.29, 0.717) is 11.8 Å². The molecular formula is C25H22N2O. The monoisotopic (exact) mass is 366 g/mol. The highest BCUT2D eigenvalue weighted by atomic mass is 16.2. The summed E-state index contributed by atoms with van der Waals surface area (Å²) in [6.07, 6.45) is 1.01. The van der Waals surface area contributed by atoms with Gasteiger partial charge < -0.3 is 0 Å². The van der Waals surface area contributed by atoms with Gasteiger partial charge in [-0.3, -0.25) is 9.80 Å². The molecule has 0 unspecified atom stereocenters. The zero-order valence-corrected chi connectivity index (χ0v) is 16.1. The van der Waals surface area contributed by atoms with Gasteiger partial charge in [0.25, 0.3) is 0 Å². The van der Waals surface area contributed by atoms with Crippen LogP contribution in [0, 0.1) is 12.8 Å². The molecule has 3 aromatic rings. The molecule has 0 radical (unpaired) electrons. The standard InChI is InChI=1S/C25H22N2O/c1-15-11-12-22-19(13-15)23-17-8-4-3-7-16(17)14-20(23)24-18-9-5-6-10-21(18)26(2)25(28)27(22)24/h3-13,20,23-24H,14H2,1-2H3/t20-,23-,24-/m1/s1. The molecule has 3 nitrogen and oxygen atoms in total. The second-order valence-electron chi connectivity index (χ2n) is 8.32. The molecule has 3 aromatic carbocycles. The van der Waals surface area contributed by atoms with Crippen LogP contribution in [0.4, 0.5) is 16.2 Å². The van der Waals surface area contributed by atoms with Crippen molar-refractivity contribution in [2.24, 2.45) is 5.92 Å². The number of benzene rings is 3. The minimum absolute atomic E-state index is 0.0724. The van der Waals surface area contributed by atoms with Crippen molar-refractivity contribution in [3.63, 3.8) is 0 Å². The van der Waals surface area contributed by atoms with E-state index in [0.717, 1.165) is 17.8 Å². The van der Waals surface area contributed by atoms with E-state index in [-0.39, 0.29) is 12.1 Å². The normalized spacial score (nSPS) is 24.2. The maximum atomic E-state index is 13.5. The van der Waals surface area contributed by atoms with Crippen LogP contribution in [0.2, 0.25) is 0 Å². The molecule has 2 amide bonds. The maximum Gasteiger partial charge on any atom is 0.329 e. The molecule has 138 valence electrons. The zero-order valence-electron chi connectivity index (χ0n) is 16.1. The Morgan fingerprint density at radius 2 is 1.61 bits per heavy atom. The molecule has 1 aliphatic carbocycles. The third kappa shape index (κ3) is 1.91. The molecule has 3 aliphatic rings. The number of aryl methyl sites for hydroxylation is 1. The van der Waals surface area contributed by atoms with Gasteiger partial charge in [-0.15, -0.1) is 0 Å². The highest BCUT2D eigenvalue weighted by Crippen LogP contribution is 2.58. The van der Waals surface area contributed by atoms with Crippen LogP contribution in [0.25, 0.3) is 0 Å². The lowest BCUT2D eigenvalue weighted by atomic mass is 9.73. The summed E-state index contributed by atoms with van der Waals surface area (Å²) in [5.41, 5.74) is 8.78. The van der Waals surface area contributed by atoms with Gasteiger partial charge >= 0.3 is 6.03 Å². The minimum atomic E-state index is 0.0724. The summed E-state index contributed by atoms with van der Waals surface area (Å²) in [4.78, 5) is 17.3. The average Bonchev–Trinajstić information content (AvgIpc) is 3.11. The van der Waals surface area contributed by atoms with Gasteiger partial charge in [0.05, 0.1) is 17.4 Å². The smallest absolute Gasteiger partial charge is 0.297 e. The number of nitrogens with zero attached hydrogens (tertiary/aromatic N) is 2. The second kappa shape index (κ2) is 5.48. The Balaban J connectivity index is 1.66. The van der Waals surface area contributed by atoms with E-state index < -0.39 is 0 Å². The van der Waals surface area contributed by atoms with Gasteiger partial charge in [0, 0.05) is 13.0 Å². The molecule has 3 heteroatoms. The van der Waals surface area contributed by atoms with Gasteiger partial charge in [0.1, 0.15) is 0 Å². The SMILES string of the molecule is Cc1ccc2c(c1)[C@H]1c3ccccc3C[C@H]1[C@H]1c3ccccc3N(C)C(=O)N21. The lowest BCUT2D eigenvalue weighted by Gasteiger charge is -2.49. The first-order valence-electron chi connectivity index (χ1n) is 9.99. The van der Waals surface area contributed by atoms with Crippen LogP contribution in [0.5, 0.6) is 0 Å². The highest BCUT2D eigenvalue weighted by Gasteiger charge is 2.51. The number of carbonyl (C=O) groups is 1. The predicted molar refractivity (Wildman–Crippen MR) is 112 cm³/mol. The Morgan fingerprint density at radius 1 is 0.857 bits per heavy atom. The summed E-state index contributed by atoms with van der Waals surface area (Å²) < 4.78 is 0. The van der Waals surface area contributed by atoms with Gasteiger partial charge in [-0.25, -0.2) is 4.79 Å². The van der Waals surface area contributed by atoms with Crippen LogP contribution in [0.1, 0.15) is 39.8 Å². The zero-order chi connectivity index (χ0) is 19.0. The molecule has 0 bridgehead atoms. The van der Waals surface area contributed by atoms with E-state index in [1.165, 1.54) is 27.8 Å². The number of amides is 2. The Labute approximate surface area is 165 Å². The molecule has 2 aliphatic heterocycles. The number of urea groups is 1. The third-order valence-electron chi connectivity index (χ3n) is 6.85. The largest absolute Gasteiger partial charge is 0.329 e. The molecule has 0 spiro atoms. The van der Waals surface area contributed by atoms with Crippen molar-refractivity contribution in [2.75, 3.05) is 16.8 Å². The van der Waals surface area contributed by atoms with Gasteiger partial charge in [0.15, 0.2) is 0 Å². The first kappa shape index (κ1) is 15.9. The number of hydrogen-bond acceptors (Lipinski definition) is 1. The van der Waals surface area contributed by atoms with E-state index in [1.54, 1.807) is 4.90 Å². The molecule has 3 atom stereocenters. The summed E-state index contributed by atoms with van der Waals surface area (Å²) in [6.45, 7) is 2.14. The molecule has 0 saturated heterocycles. The fraction of sp³-hybridized carbons (Fsp3) is 0.240. The molecule has 28 heavy (non-hydrogen) atoms. The van der Waals surface area contributed by atoms with Gasteiger partial charge in [-0.1, -0.05) is 60.2 Å². The molecular weight excluding hydrogens is 344 g/mol. The lowest BCUT2D eigenvalue weighted by Crippen LogP contribution is -2.53. The fourth-order valence-corrected chi connectivity index (χ4v) is 5.70. The van der Waals surface area contributed by atoms with Crippen molar-refractivity contribution >= 4 is 17.4 Å². The molecule has 0 saturated carbocycles. The summed E-state index contributed by atoms with van der Waals surface area (Å²) in [7, 11) is 1.89. The van der Waals surface area contributed by atoms with E-state index in [1.807, 2.05) is 13.1 Å². The molecule has 0 aromatic heterocycles. The van der Waals surface area contributed by atoms with Crippen LogP contribution in [0.15, 0.2) is 66.7 Å². The molecule has 0 fully saturated rings. The van der Waals surface area contributed by atoms with Crippen molar-refractivity contribution in [3.05, 3.63) is 94.5 Å². The van der Waals surface area contributed by atoms with E-state index in [4.69, 9.17) is 0 Å². The topological polar surface area (TPSA) is 23.6 Å². The third-order valence-corrected chi connectivity index (χ3v) is 6.85. The van der Waals surface area contributed by atoms with Gasteiger partial charge in [-0.2, -0.15) is 0 Å². The average molecular weight is 366 g/mol. The number of rotatable bonds is 0. The van der Waals surface area contributed by atoms with Crippen molar-refractivity contribution in [2.45, 2.75) is 25.3 Å². The van der Waals surface area contributed by atoms with E-state index in [9.17, 15) is 4.79 Å². The van der Waals surface area contributed by atoms with Crippen LogP contribution in [-0.2, 0) is 6.42 Å². The predicted octanol–water partition coefficient (Wildman–Crippen LogP) is 5.43. The van der Waals surface area contributed by atoms with Gasteiger partial charge in [-0.05, 0) is 53.6 Å². The van der Waals surface area contributed by atoms with Crippen molar-refractivity contribution in [1.82, 2.24) is 0 Å². The summed E-state index contributed by atoms with van der Waals surface area (Å²) >= 11 is 0. The highest BCUT2D eigenvalue weighted by molar-refractivity contribution is 6.07. The Kier molecular flexibility index (Phi) is 3.12. The van der Waals surface area contributed by atoms with Crippen LogP contribution < -0.4 is 9.80 Å². The Bertz CT molecular complexity index is 1130. The number of para-hydroxylation sites is 1. The molecule has 2 heterocycles. The first-order valence-corrected chi connectivity index (χ1v) is 9.99. The number of hydrogen-bond donors (Lipinski definition) is 0. The lowest BCUT2D eigenvalue weighted by molar-refractivity contribution is 0.242. The fourth-order valence-electron chi connectivity index (χ4n) is 5.70. The number of carbonyl (C=O) groups excluding carboxylic acids is 1. The minimum Gasteiger partial charge on any atom is -0.297 e.